The van der Waals surface area contributed by atoms with Gasteiger partial charge in [0.05, 0.1) is 43.4 Å². The van der Waals surface area contributed by atoms with Crippen LogP contribution in [0.5, 0.6) is 0 Å². The molecule has 0 aliphatic carbocycles. The van der Waals surface area contributed by atoms with Gasteiger partial charge in [-0.05, 0) is 36.4 Å². The molecule has 0 saturated carbocycles. The summed E-state index contributed by atoms with van der Waals surface area (Å²) < 4.78 is 23.7. The van der Waals surface area contributed by atoms with Gasteiger partial charge < -0.3 is 18.9 Å². The Labute approximate surface area is 166 Å². The van der Waals surface area contributed by atoms with Crippen molar-refractivity contribution in [1.29, 1.82) is 0 Å². The fourth-order valence-corrected chi connectivity index (χ4v) is 3.94. The largest absolute Gasteiger partial charge is 0.346 e. The van der Waals surface area contributed by atoms with E-state index in [2.05, 4.69) is 4.99 Å². The highest BCUT2D eigenvalue weighted by molar-refractivity contribution is 6.31. The van der Waals surface area contributed by atoms with Crippen molar-refractivity contribution in [3.63, 3.8) is 0 Å². The molecule has 3 aliphatic heterocycles. The summed E-state index contributed by atoms with van der Waals surface area (Å²) in [5.41, 5.74) is 3.07. The van der Waals surface area contributed by atoms with E-state index in [9.17, 15) is 0 Å². The zero-order chi connectivity index (χ0) is 18.4. The molecule has 8 heteroatoms. The average molecular weight is 407 g/mol. The van der Waals surface area contributed by atoms with Crippen molar-refractivity contribution in [1.82, 2.24) is 0 Å². The van der Waals surface area contributed by atoms with E-state index in [-0.39, 0.29) is 0 Å². The Morgan fingerprint density at radius 3 is 2.41 bits per heavy atom. The molecule has 0 aromatic heterocycles. The molecule has 2 aromatic carbocycles. The van der Waals surface area contributed by atoms with E-state index >= 15 is 0 Å². The van der Waals surface area contributed by atoms with E-state index < -0.39 is 12.2 Å². The van der Waals surface area contributed by atoms with Crippen LogP contribution in [0.2, 0.25) is 10.0 Å². The quantitative estimate of drug-likeness (QED) is 0.740. The summed E-state index contributed by atoms with van der Waals surface area (Å²) >= 11 is 12.5. The molecule has 2 saturated heterocycles. The van der Waals surface area contributed by atoms with E-state index in [1.54, 1.807) is 18.5 Å². The number of fused-ring (bicyclic) bond motifs is 2. The number of anilines is 1. The number of halogens is 2. The number of nitrogens with zero attached hydrogens (tertiary/aromatic N) is 2. The summed E-state index contributed by atoms with van der Waals surface area (Å²) in [6.45, 7) is 1.97. The zero-order valence-electron chi connectivity index (χ0n) is 14.2. The summed E-state index contributed by atoms with van der Waals surface area (Å²) in [7, 11) is 0. The van der Waals surface area contributed by atoms with Gasteiger partial charge in [-0.2, -0.15) is 0 Å². The second kappa shape index (κ2) is 6.74. The Morgan fingerprint density at radius 1 is 0.926 bits per heavy atom. The molecule has 5 rings (SSSR count). The van der Waals surface area contributed by atoms with Crippen LogP contribution in [0.25, 0.3) is 0 Å². The highest BCUT2D eigenvalue weighted by Crippen LogP contribution is 2.47. The molecular formula is C19H16Cl2N2O4. The lowest BCUT2D eigenvalue weighted by molar-refractivity contribution is -0.156. The maximum atomic E-state index is 6.25. The molecular weight excluding hydrogens is 391 g/mol. The predicted molar refractivity (Wildman–Crippen MR) is 102 cm³/mol. The number of hydrogen-bond donors (Lipinski definition) is 0. The standard InChI is InChI=1S/C19H16Cl2N2O4/c20-12-2-4-17(14(9-12)18-24-5-6-25-18)23-11-22-16-3-1-13(21)10-15(16)19(23)26-7-8-27-19/h1-4,9-11,18H,5-8H2. The molecule has 0 unspecified atom stereocenters. The van der Waals surface area contributed by atoms with Gasteiger partial charge in [0.2, 0.25) is 0 Å². The highest BCUT2D eigenvalue weighted by Gasteiger charge is 2.49. The van der Waals surface area contributed by atoms with Crippen molar-refractivity contribution in [2.75, 3.05) is 31.3 Å². The first kappa shape index (κ1) is 17.4. The summed E-state index contributed by atoms with van der Waals surface area (Å²) in [5, 5.41) is 1.18. The zero-order valence-corrected chi connectivity index (χ0v) is 15.7. The number of benzene rings is 2. The summed E-state index contributed by atoms with van der Waals surface area (Å²) in [6.07, 6.45) is 1.19. The van der Waals surface area contributed by atoms with E-state index in [1.807, 2.05) is 29.2 Å². The summed E-state index contributed by atoms with van der Waals surface area (Å²) in [5.74, 6) is -1.15. The number of aliphatic imine (C=N–C) groups is 1. The Kier molecular flexibility index (Phi) is 4.35. The normalized spacial score (nSPS) is 21.2. The van der Waals surface area contributed by atoms with Crippen LogP contribution in [0.3, 0.4) is 0 Å². The lowest BCUT2D eigenvalue weighted by Crippen LogP contribution is -2.49. The third-order valence-electron chi connectivity index (χ3n) is 4.73. The van der Waals surface area contributed by atoms with Crippen molar-refractivity contribution >= 4 is 40.9 Å². The Morgan fingerprint density at radius 2 is 1.63 bits per heavy atom. The molecule has 0 amide bonds. The molecule has 27 heavy (non-hydrogen) atoms. The second-order valence-electron chi connectivity index (χ2n) is 6.33. The second-order valence-corrected chi connectivity index (χ2v) is 7.20. The molecule has 0 radical (unpaired) electrons. The molecule has 140 valence electrons. The molecule has 0 bridgehead atoms. The first-order valence-corrected chi connectivity index (χ1v) is 9.37. The third-order valence-corrected chi connectivity index (χ3v) is 5.20. The maximum absolute atomic E-state index is 6.25. The number of hydrogen-bond acceptors (Lipinski definition) is 6. The van der Waals surface area contributed by atoms with Crippen LogP contribution in [0.1, 0.15) is 17.4 Å². The SMILES string of the molecule is Clc1ccc(N2C=Nc3ccc(Cl)cc3C23OCCO3)c(C2OCCO2)c1. The number of rotatable bonds is 2. The van der Waals surface area contributed by atoms with E-state index in [4.69, 9.17) is 42.1 Å². The van der Waals surface area contributed by atoms with Crippen LogP contribution in [0, 0.1) is 0 Å². The smallest absolute Gasteiger partial charge is 0.287 e. The minimum atomic E-state index is -1.15. The van der Waals surface area contributed by atoms with Crippen LogP contribution in [0.15, 0.2) is 41.4 Å². The van der Waals surface area contributed by atoms with E-state index in [0.717, 1.165) is 22.5 Å². The van der Waals surface area contributed by atoms with Crippen LogP contribution in [-0.4, -0.2) is 32.8 Å². The molecule has 1 spiro atoms. The lowest BCUT2D eigenvalue weighted by atomic mass is 10.0. The Balaban J connectivity index is 1.67. The van der Waals surface area contributed by atoms with Crippen molar-refractivity contribution in [2.24, 2.45) is 4.99 Å². The fraction of sp³-hybridized carbons (Fsp3) is 0.316. The molecule has 6 nitrogen and oxygen atoms in total. The highest BCUT2D eigenvalue weighted by atomic mass is 35.5. The van der Waals surface area contributed by atoms with Gasteiger partial charge in [0.15, 0.2) is 6.29 Å². The molecule has 0 N–H and O–H groups in total. The maximum Gasteiger partial charge on any atom is 0.287 e. The van der Waals surface area contributed by atoms with Gasteiger partial charge >= 0.3 is 0 Å². The number of ether oxygens (including phenoxy) is 4. The van der Waals surface area contributed by atoms with Crippen molar-refractivity contribution in [3.8, 4) is 0 Å². The van der Waals surface area contributed by atoms with Crippen LogP contribution < -0.4 is 4.90 Å². The van der Waals surface area contributed by atoms with Gasteiger partial charge in [0, 0.05) is 15.6 Å². The topological polar surface area (TPSA) is 52.5 Å². The summed E-state index contributed by atoms with van der Waals surface area (Å²) in [6, 6.07) is 11.0. The Bertz CT molecular complexity index is 909. The van der Waals surface area contributed by atoms with E-state index in [0.29, 0.717) is 36.5 Å². The van der Waals surface area contributed by atoms with Gasteiger partial charge in [0.25, 0.3) is 5.91 Å². The van der Waals surface area contributed by atoms with Crippen LogP contribution in [0.4, 0.5) is 11.4 Å². The van der Waals surface area contributed by atoms with Crippen molar-refractivity contribution < 1.29 is 18.9 Å². The van der Waals surface area contributed by atoms with E-state index in [1.165, 1.54) is 0 Å². The third kappa shape index (κ3) is 2.84. The lowest BCUT2D eigenvalue weighted by Gasteiger charge is -2.41. The van der Waals surface area contributed by atoms with Crippen molar-refractivity contribution in [3.05, 3.63) is 57.6 Å². The molecule has 3 aliphatic rings. The van der Waals surface area contributed by atoms with Gasteiger partial charge in [0.1, 0.15) is 6.34 Å². The molecule has 2 aromatic rings. The first-order chi connectivity index (χ1) is 13.2. The first-order valence-electron chi connectivity index (χ1n) is 8.61. The van der Waals surface area contributed by atoms with Crippen LogP contribution in [-0.2, 0) is 24.9 Å². The predicted octanol–water partition coefficient (Wildman–Crippen LogP) is 4.38. The summed E-state index contributed by atoms with van der Waals surface area (Å²) in [4.78, 5) is 6.41. The Hall–Kier alpha value is -1.67. The van der Waals surface area contributed by atoms with Gasteiger partial charge in [-0.15, -0.1) is 0 Å². The van der Waals surface area contributed by atoms with Gasteiger partial charge in [-0.1, -0.05) is 23.2 Å². The molecule has 2 fully saturated rings. The van der Waals surface area contributed by atoms with Gasteiger partial charge in [-0.25, -0.2) is 4.99 Å². The minimum absolute atomic E-state index is 0.454. The molecule has 3 heterocycles. The van der Waals surface area contributed by atoms with Crippen molar-refractivity contribution in [2.45, 2.75) is 12.2 Å². The average Bonchev–Trinajstić information content (AvgIpc) is 3.36. The fourth-order valence-electron chi connectivity index (χ4n) is 3.59. The monoisotopic (exact) mass is 406 g/mol. The molecule has 0 atom stereocenters. The van der Waals surface area contributed by atoms with Crippen LogP contribution >= 0.6 is 23.2 Å². The minimum Gasteiger partial charge on any atom is -0.346 e. The van der Waals surface area contributed by atoms with Gasteiger partial charge in [-0.3, -0.25) is 4.90 Å².